The zero-order valence-corrected chi connectivity index (χ0v) is 16.8. The highest BCUT2D eigenvalue weighted by Crippen LogP contribution is 2.37. The van der Waals surface area contributed by atoms with Crippen LogP contribution in [0.3, 0.4) is 0 Å². The summed E-state index contributed by atoms with van der Waals surface area (Å²) in [6, 6.07) is 8.05. The normalized spacial score (nSPS) is 25.2. The van der Waals surface area contributed by atoms with Crippen molar-refractivity contribution in [2.45, 2.75) is 38.8 Å². The van der Waals surface area contributed by atoms with E-state index in [4.69, 9.17) is 4.74 Å². The molecular weight excluding hydrogens is 370 g/mol. The number of carbonyl (C=O) groups excluding carboxylic acids is 3. The van der Waals surface area contributed by atoms with Crippen LogP contribution in [0.2, 0.25) is 0 Å². The number of fused-ring (bicyclic) bond motifs is 1. The van der Waals surface area contributed by atoms with E-state index in [0.717, 1.165) is 64.1 Å². The van der Waals surface area contributed by atoms with E-state index in [0.29, 0.717) is 6.54 Å². The van der Waals surface area contributed by atoms with Gasteiger partial charge in [-0.25, -0.2) is 0 Å². The summed E-state index contributed by atoms with van der Waals surface area (Å²) in [6.45, 7) is 4.35. The van der Waals surface area contributed by atoms with Crippen molar-refractivity contribution in [2.24, 2.45) is 11.8 Å². The number of likely N-dealkylation sites (tertiary alicyclic amines) is 1. The van der Waals surface area contributed by atoms with E-state index in [-0.39, 0.29) is 36.1 Å². The van der Waals surface area contributed by atoms with Gasteiger partial charge in [-0.2, -0.15) is 0 Å². The minimum Gasteiger partial charge on any atom is -0.379 e. The van der Waals surface area contributed by atoms with Crippen molar-refractivity contribution in [3.05, 3.63) is 35.4 Å². The molecule has 2 atom stereocenters. The maximum absolute atomic E-state index is 12.5. The summed E-state index contributed by atoms with van der Waals surface area (Å²) < 4.78 is 5.40. The first kappa shape index (κ1) is 20.0. The van der Waals surface area contributed by atoms with E-state index in [1.807, 2.05) is 18.2 Å². The lowest BCUT2D eigenvalue weighted by Gasteiger charge is -2.27. The summed E-state index contributed by atoms with van der Waals surface area (Å²) in [6.07, 6.45) is 3.50. The molecule has 1 saturated carbocycles. The lowest BCUT2D eigenvalue weighted by Crippen LogP contribution is -2.41. The van der Waals surface area contributed by atoms with Gasteiger partial charge in [-0.1, -0.05) is 37.1 Å². The van der Waals surface area contributed by atoms with Gasteiger partial charge in [0.15, 0.2) is 0 Å². The Kier molecular flexibility index (Phi) is 6.25. The van der Waals surface area contributed by atoms with Crippen molar-refractivity contribution in [3.8, 4) is 0 Å². The molecule has 0 spiro atoms. The van der Waals surface area contributed by atoms with E-state index in [2.05, 4.69) is 16.3 Å². The molecule has 1 aromatic carbocycles. The fourth-order valence-electron chi connectivity index (χ4n) is 4.66. The number of imide groups is 1. The second-order valence-corrected chi connectivity index (χ2v) is 8.19. The maximum atomic E-state index is 12.5. The Morgan fingerprint density at radius 1 is 1.00 bits per heavy atom. The molecule has 3 amide bonds. The number of nitrogens with one attached hydrogen (secondary N) is 1. The largest absolute Gasteiger partial charge is 0.379 e. The Morgan fingerprint density at radius 3 is 2.28 bits per heavy atom. The highest BCUT2D eigenvalue weighted by Gasteiger charge is 2.48. The quantitative estimate of drug-likeness (QED) is 0.730. The molecule has 0 bridgehead atoms. The van der Waals surface area contributed by atoms with Gasteiger partial charge in [0, 0.05) is 26.2 Å². The highest BCUT2D eigenvalue weighted by atomic mass is 16.5. The molecule has 2 saturated heterocycles. The first-order chi connectivity index (χ1) is 14.1. The van der Waals surface area contributed by atoms with Gasteiger partial charge in [0.25, 0.3) is 0 Å². The summed E-state index contributed by atoms with van der Waals surface area (Å²) in [5.41, 5.74) is 2.23. The van der Waals surface area contributed by atoms with Crippen molar-refractivity contribution in [2.75, 3.05) is 32.8 Å². The molecule has 1 N–H and O–H groups in total. The van der Waals surface area contributed by atoms with Crippen LogP contribution in [0.15, 0.2) is 24.3 Å². The van der Waals surface area contributed by atoms with Crippen LogP contribution in [0.1, 0.15) is 36.8 Å². The average molecular weight is 399 g/mol. The first-order valence-electron chi connectivity index (χ1n) is 10.6. The van der Waals surface area contributed by atoms with E-state index in [1.54, 1.807) is 0 Å². The van der Waals surface area contributed by atoms with Crippen LogP contribution in [-0.4, -0.2) is 60.4 Å². The minimum absolute atomic E-state index is 0.164. The van der Waals surface area contributed by atoms with Crippen molar-refractivity contribution in [3.63, 3.8) is 0 Å². The zero-order chi connectivity index (χ0) is 20.2. The number of amides is 3. The number of hydrogen-bond acceptors (Lipinski definition) is 5. The van der Waals surface area contributed by atoms with E-state index in [1.165, 1.54) is 10.5 Å². The number of morpholine rings is 1. The van der Waals surface area contributed by atoms with Crippen molar-refractivity contribution in [1.82, 2.24) is 15.1 Å². The van der Waals surface area contributed by atoms with Gasteiger partial charge in [-0.15, -0.1) is 0 Å². The summed E-state index contributed by atoms with van der Waals surface area (Å²) in [4.78, 5) is 41.1. The number of rotatable bonds is 6. The van der Waals surface area contributed by atoms with Crippen molar-refractivity contribution in [1.29, 1.82) is 0 Å². The minimum atomic E-state index is -0.286. The standard InChI is InChI=1S/C22H29N3O4/c26-20(15-25-21(27)18-7-3-4-8-19(18)22(25)28)23-13-16-5-1-2-6-17(16)14-24-9-11-29-12-10-24/h1-2,5-6,18-19H,3-4,7-15H2,(H,23,26)/t18-,19+. The Bertz CT molecular complexity index is 751. The smallest absolute Gasteiger partial charge is 0.240 e. The summed E-state index contributed by atoms with van der Waals surface area (Å²) in [7, 11) is 0. The Hall–Kier alpha value is -2.25. The van der Waals surface area contributed by atoms with Gasteiger partial charge in [0.2, 0.25) is 17.7 Å². The third kappa shape index (κ3) is 4.51. The topological polar surface area (TPSA) is 79.0 Å². The Morgan fingerprint density at radius 2 is 1.62 bits per heavy atom. The molecule has 2 aliphatic heterocycles. The van der Waals surface area contributed by atoms with Gasteiger partial charge in [0.1, 0.15) is 6.54 Å². The molecule has 2 heterocycles. The summed E-state index contributed by atoms with van der Waals surface area (Å²) in [5.74, 6) is -1.03. The molecule has 1 aliphatic carbocycles. The van der Waals surface area contributed by atoms with Crippen LogP contribution in [0.4, 0.5) is 0 Å². The molecular formula is C22H29N3O4. The second-order valence-electron chi connectivity index (χ2n) is 8.19. The Balaban J connectivity index is 1.33. The molecule has 7 heteroatoms. The first-order valence-corrected chi connectivity index (χ1v) is 10.6. The number of carbonyl (C=O) groups is 3. The van der Waals surface area contributed by atoms with Gasteiger partial charge >= 0.3 is 0 Å². The maximum Gasteiger partial charge on any atom is 0.240 e. The lowest BCUT2D eigenvalue weighted by atomic mass is 9.81. The molecule has 3 fully saturated rings. The molecule has 4 rings (SSSR count). The SMILES string of the molecule is O=C(CN1C(=O)[C@H]2CCCC[C@H]2C1=O)NCc1ccccc1CN1CCOCC1. The third-order valence-electron chi connectivity index (χ3n) is 6.33. The predicted molar refractivity (Wildman–Crippen MR) is 107 cm³/mol. The predicted octanol–water partition coefficient (Wildman–Crippen LogP) is 1.31. The van der Waals surface area contributed by atoms with Crippen molar-refractivity contribution < 1.29 is 19.1 Å². The van der Waals surface area contributed by atoms with Crippen LogP contribution in [0.25, 0.3) is 0 Å². The number of nitrogens with zero attached hydrogens (tertiary/aromatic N) is 2. The molecule has 7 nitrogen and oxygen atoms in total. The number of hydrogen-bond donors (Lipinski definition) is 1. The van der Waals surface area contributed by atoms with Gasteiger partial charge in [-0.3, -0.25) is 24.2 Å². The summed E-state index contributed by atoms with van der Waals surface area (Å²) in [5, 5.41) is 2.90. The van der Waals surface area contributed by atoms with E-state index in [9.17, 15) is 14.4 Å². The van der Waals surface area contributed by atoms with Crippen LogP contribution in [-0.2, 0) is 32.2 Å². The molecule has 3 aliphatic rings. The summed E-state index contributed by atoms with van der Waals surface area (Å²) >= 11 is 0. The van der Waals surface area contributed by atoms with Crippen LogP contribution < -0.4 is 5.32 Å². The van der Waals surface area contributed by atoms with Crippen LogP contribution >= 0.6 is 0 Å². The highest BCUT2D eigenvalue weighted by molar-refractivity contribution is 6.07. The fraction of sp³-hybridized carbons (Fsp3) is 0.591. The molecule has 0 aromatic heterocycles. The molecule has 156 valence electrons. The van der Waals surface area contributed by atoms with Gasteiger partial charge in [0.05, 0.1) is 25.0 Å². The zero-order valence-electron chi connectivity index (χ0n) is 16.8. The molecule has 1 aromatic rings. The van der Waals surface area contributed by atoms with Crippen LogP contribution in [0.5, 0.6) is 0 Å². The van der Waals surface area contributed by atoms with Crippen molar-refractivity contribution >= 4 is 17.7 Å². The van der Waals surface area contributed by atoms with Gasteiger partial charge < -0.3 is 10.1 Å². The number of benzene rings is 1. The fourth-order valence-corrected chi connectivity index (χ4v) is 4.66. The Labute approximate surface area is 171 Å². The monoisotopic (exact) mass is 399 g/mol. The molecule has 0 radical (unpaired) electrons. The number of ether oxygens (including phenoxy) is 1. The average Bonchev–Trinajstić information content (AvgIpc) is 2.99. The van der Waals surface area contributed by atoms with Gasteiger partial charge in [-0.05, 0) is 24.0 Å². The van der Waals surface area contributed by atoms with Crippen LogP contribution in [0, 0.1) is 11.8 Å². The lowest BCUT2D eigenvalue weighted by molar-refractivity contribution is -0.143. The molecule has 0 unspecified atom stereocenters. The second kappa shape index (κ2) is 9.05. The third-order valence-corrected chi connectivity index (χ3v) is 6.33. The van der Waals surface area contributed by atoms with E-state index < -0.39 is 0 Å². The van der Waals surface area contributed by atoms with E-state index >= 15 is 0 Å². The molecule has 29 heavy (non-hydrogen) atoms.